The molecule has 0 aliphatic rings. The molecule has 0 fully saturated rings. The summed E-state index contributed by atoms with van der Waals surface area (Å²) in [7, 11) is 0. The fourth-order valence-electron chi connectivity index (χ4n) is 2.35. The van der Waals surface area contributed by atoms with Crippen molar-refractivity contribution in [2.24, 2.45) is 0 Å². The van der Waals surface area contributed by atoms with Crippen LogP contribution in [0.15, 0.2) is 59.2 Å². The number of halogens is 3. The maximum atomic E-state index is 13.1. The first kappa shape index (κ1) is 17.8. The Balaban J connectivity index is 1.65. The first-order valence-electron chi connectivity index (χ1n) is 7.70. The van der Waals surface area contributed by atoms with Gasteiger partial charge in [-0.05, 0) is 42.5 Å². The molecule has 0 saturated carbocycles. The number of hydrogen-bond acceptors (Lipinski definition) is 3. The van der Waals surface area contributed by atoms with E-state index in [1.807, 2.05) is 24.3 Å². The minimum atomic E-state index is -0.372. The summed E-state index contributed by atoms with van der Waals surface area (Å²) < 4.78 is 24.3. The van der Waals surface area contributed by atoms with Crippen LogP contribution in [0.3, 0.4) is 0 Å². The Morgan fingerprint density at radius 1 is 1.00 bits per heavy atom. The monoisotopic (exact) mass is 379 g/mol. The average molecular weight is 380 g/mol. The van der Waals surface area contributed by atoms with Gasteiger partial charge in [-0.15, -0.1) is 0 Å². The zero-order chi connectivity index (χ0) is 17.6. The molecule has 1 N–H and O–H groups in total. The van der Waals surface area contributed by atoms with Gasteiger partial charge in [-0.1, -0.05) is 29.3 Å². The van der Waals surface area contributed by atoms with Gasteiger partial charge < -0.3 is 14.5 Å². The van der Waals surface area contributed by atoms with E-state index in [4.69, 9.17) is 32.4 Å². The molecule has 3 aromatic rings. The number of benzene rings is 2. The van der Waals surface area contributed by atoms with Crippen LogP contribution in [0.4, 0.5) is 4.39 Å². The molecule has 0 atom stereocenters. The number of ether oxygens (including phenoxy) is 1. The molecule has 1 aromatic heterocycles. The van der Waals surface area contributed by atoms with Gasteiger partial charge in [-0.25, -0.2) is 4.39 Å². The normalized spacial score (nSPS) is 10.8. The maximum absolute atomic E-state index is 13.1. The molecule has 0 saturated heterocycles. The lowest BCUT2D eigenvalue weighted by atomic mass is 10.2. The highest BCUT2D eigenvalue weighted by Crippen LogP contribution is 2.25. The van der Waals surface area contributed by atoms with E-state index in [1.165, 1.54) is 12.1 Å². The van der Waals surface area contributed by atoms with Crippen molar-refractivity contribution >= 4 is 23.2 Å². The van der Waals surface area contributed by atoms with Crippen molar-refractivity contribution in [3.8, 4) is 5.75 Å². The standard InChI is InChI=1S/C19H16Cl2FNO2/c20-15-4-6-19(25-12-13-3-5-16(22)9-18(13)21)14(8-15)10-23-11-17-2-1-7-24-17/h1-9,23H,10-12H2. The summed E-state index contributed by atoms with van der Waals surface area (Å²) >= 11 is 12.1. The van der Waals surface area contributed by atoms with Gasteiger partial charge in [-0.2, -0.15) is 0 Å². The van der Waals surface area contributed by atoms with Gasteiger partial charge in [0, 0.05) is 22.7 Å². The topological polar surface area (TPSA) is 34.4 Å². The van der Waals surface area contributed by atoms with Crippen molar-refractivity contribution < 1.29 is 13.5 Å². The lowest BCUT2D eigenvalue weighted by Gasteiger charge is -2.13. The van der Waals surface area contributed by atoms with Crippen molar-refractivity contribution in [3.63, 3.8) is 0 Å². The van der Waals surface area contributed by atoms with Crippen LogP contribution >= 0.6 is 23.2 Å². The third kappa shape index (κ3) is 4.98. The van der Waals surface area contributed by atoms with E-state index in [0.29, 0.717) is 34.4 Å². The second-order valence-corrected chi connectivity index (χ2v) is 6.30. The predicted octanol–water partition coefficient (Wildman–Crippen LogP) is 5.59. The van der Waals surface area contributed by atoms with E-state index in [9.17, 15) is 4.39 Å². The molecular weight excluding hydrogens is 364 g/mol. The predicted molar refractivity (Wildman–Crippen MR) is 96.4 cm³/mol. The van der Waals surface area contributed by atoms with E-state index in [2.05, 4.69) is 5.32 Å². The van der Waals surface area contributed by atoms with E-state index in [0.717, 1.165) is 11.3 Å². The van der Waals surface area contributed by atoms with Crippen LogP contribution in [-0.4, -0.2) is 0 Å². The molecule has 0 unspecified atom stereocenters. The third-order valence-electron chi connectivity index (χ3n) is 3.62. The minimum absolute atomic E-state index is 0.242. The first-order valence-corrected chi connectivity index (χ1v) is 8.45. The molecule has 0 amide bonds. The van der Waals surface area contributed by atoms with Gasteiger partial charge in [0.2, 0.25) is 0 Å². The van der Waals surface area contributed by atoms with E-state index in [-0.39, 0.29) is 12.4 Å². The molecule has 130 valence electrons. The Labute approximate surface area is 155 Å². The van der Waals surface area contributed by atoms with Gasteiger partial charge in [0.1, 0.15) is 23.9 Å². The van der Waals surface area contributed by atoms with Crippen molar-refractivity contribution in [2.75, 3.05) is 0 Å². The molecule has 0 bridgehead atoms. The summed E-state index contributed by atoms with van der Waals surface area (Å²) in [5.41, 5.74) is 1.63. The van der Waals surface area contributed by atoms with E-state index >= 15 is 0 Å². The second-order valence-electron chi connectivity index (χ2n) is 5.46. The largest absolute Gasteiger partial charge is 0.489 e. The number of rotatable bonds is 7. The fourth-order valence-corrected chi connectivity index (χ4v) is 2.77. The lowest BCUT2D eigenvalue weighted by Crippen LogP contribution is -2.13. The van der Waals surface area contributed by atoms with Crippen LogP contribution in [-0.2, 0) is 19.7 Å². The van der Waals surface area contributed by atoms with Crippen LogP contribution < -0.4 is 10.1 Å². The number of furan rings is 1. The van der Waals surface area contributed by atoms with Crippen molar-refractivity contribution in [1.29, 1.82) is 0 Å². The van der Waals surface area contributed by atoms with Crippen LogP contribution in [0, 0.1) is 5.82 Å². The molecule has 0 spiro atoms. The van der Waals surface area contributed by atoms with Crippen LogP contribution in [0.25, 0.3) is 0 Å². The molecule has 3 rings (SSSR count). The Morgan fingerprint density at radius 2 is 1.88 bits per heavy atom. The zero-order valence-corrected chi connectivity index (χ0v) is 14.8. The maximum Gasteiger partial charge on any atom is 0.124 e. The Kier molecular flexibility index (Phi) is 5.97. The van der Waals surface area contributed by atoms with Crippen molar-refractivity contribution in [1.82, 2.24) is 5.32 Å². The van der Waals surface area contributed by atoms with Gasteiger partial charge in [0.25, 0.3) is 0 Å². The Morgan fingerprint density at radius 3 is 2.64 bits per heavy atom. The number of nitrogens with one attached hydrogen (secondary N) is 1. The quantitative estimate of drug-likeness (QED) is 0.580. The molecule has 0 radical (unpaired) electrons. The zero-order valence-electron chi connectivity index (χ0n) is 13.3. The van der Waals surface area contributed by atoms with Crippen LogP contribution in [0.2, 0.25) is 10.0 Å². The summed E-state index contributed by atoms with van der Waals surface area (Å²) in [6.45, 7) is 1.41. The highest BCUT2D eigenvalue weighted by molar-refractivity contribution is 6.31. The molecule has 1 heterocycles. The van der Waals surface area contributed by atoms with Gasteiger partial charge in [-0.3, -0.25) is 0 Å². The molecule has 0 aliphatic heterocycles. The first-order chi connectivity index (χ1) is 12.1. The summed E-state index contributed by atoms with van der Waals surface area (Å²) in [6.07, 6.45) is 1.64. The summed E-state index contributed by atoms with van der Waals surface area (Å²) in [5, 5.41) is 4.25. The Hall–Kier alpha value is -2.01. The number of hydrogen-bond donors (Lipinski definition) is 1. The highest BCUT2D eigenvalue weighted by Gasteiger charge is 2.08. The van der Waals surface area contributed by atoms with Gasteiger partial charge in [0.15, 0.2) is 0 Å². The van der Waals surface area contributed by atoms with E-state index in [1.54, 1.807) is 18.4 Å². The third-order valence-corrected chi connectivity index (χ3v) is 4.20. The summed E-state index contributed by atoms with van der Waals surface area (Å²) in [4.78, 5) is 0. The molecule has 2 aromatic carbocycles. The second kappa shape index (κ2) is 8.39. The molecule has 6 heteroatoms. The van der Waals surface area contributed by atoms with E-state index < -0.39 is 0 Å². The van der Waals surface area contributed by atoms with Gasteiger partial charge in [0.05, 0.1) is 17.8 Å². The summed E-state index contributed by atoms with van der Waals surface area (Å²) in [5.74, 6) is 1.17. The fraction of sp³-hybridized carbons (Fsp3) is 0.158. The van der Waals surface area contributed by atoms with Crippen LogP contribution in [0.5, 0.6) is 5.75 Å². The molecule has 25 heavy (non-hydrogen) atoms. The summed E-state index contributed by atoms with van der Waals surface area (Å²) in [6, 6.07) is 13.4. The van der Waals surface area contributed by atoms with Crippen molar-refractivity contribution in [3.05, 3.63) is 87.5 Å². The molecule has 0 aliphatic carbocycles. The van der Waals surface area contributed by atoms with Crippen LogP contribution in [0.1, 0.15) is 16.9 Å². The molecule has 3 nitrogen and oxygen atoms in total. The molecular formula is C19H16Cl2FNO2. The average Bonchev–Trinajstić information content (AvgIpc) is 3.09. The van der Waals surface area contributed by atoms with Crippen molar-refractivity contribution in [2.45, 2.75) is 19.7 Å². The minimum Gasteiger partial charge on any atom is -0.489 e. The smallest absolute Gasteiger partial charge is 0.124 e. The Bertz CT molecular complexity index is 837. The van der Waals surface area contributed by atoms with Gasteiger partial charge >= 0.3 is 0 Å². The highest BCUT2D eigenvalue weighted by atomic mass is 35.5. The SMILES string of the molecule is Fc1ccc(COc2ccc(Cl)cc2CNCc2ccco2)c(Cl)c1. The lowest BCUT2D eigenvalue weighted by molar-refractivity contribution is 0.302.